The fraction of sp³-hybridized carbons (Fsp3) is 0.381. The van der Waals surface area contributed by atoms with Gasteiger partial charge in [0.25, 0.3) is 5.91 Å². The maximum absolute atomic E-state index is 12.4. The molecule has 27 heavy (non-hydrogen) atoms. The van der Waals surface area contributed by atoms with E-state index in [9.17, 15) is 4.79 Å². The van der Waals surface area contributed by atoms with Crippen LogP contribution in [0.4, 0.5) is 0 Å². The fourth-order valence-electron chi connectivity index (χ4n) is 2.59. The van der Waals surface area contributed by atoms with Crippen molar-refractivity contribution < 1.29 is 9.53 Å². The molecule has 0 fully saturated rings. The normalized spacial score (nSPS) is 11.9. The van der Waals surface area contributed by atoms with Gasteiger partial charge >= 0.3 is 0 Å². The van der Waals surface area contributed by atoms with Crippen molar-refractivity contribution in [2.75, 3.05) is 12.3 Å². The second-order valence-corrected chi connectivity index (χ2v) is 8.31. The molecule has 2 rings (SSSR count). The highest BCUT2D eigenvalue weighted by atomic mass is 35.5. The molecule has 0 aliphatic carbocycles. The molecule has 2 aromatic carbocycles. The summed E-state index contributed by atoms with van der Waals surface area (Å²) in [6.45, 7) is 6.56. The van der Waals surface area contributed by atoms with Gasteiger partial charge in [-0.2, -0.15) is 11.8 Å². The predicted molar refractivity (Wildman–Crippen MR) is 116 cm³/mol. The van der Waals surface area contributed by atoms with Crippen LogP contribution in [0.25, 0.3) is 0 Å². The van der Waals surface area contributed by atoms with E-state index in [-0.39, 0.29) is 5.91 Å². The molecule has 0 aliphatic rings. The first kappa shape index (κ1) is 21.9. The van der Waals surface area contributed by atoms with Gasteiger partial charge in [-0.1, -0.05) is 53.9 Å². The van der Waals surface area contributed by atoms with E-state index >= 15 is 0 Å². The molecule has 1 amide bonds. The Morgan fingerprint density at radius 2 is 1.96 bits per heavy atom. The van der Waals surface area contributed by atoms with E-state index in [1.54, 1.807) is 17.8 Å². The lowest BCUT2D eigenvalue weighted by molar-refractivity contribution is -0.128. The zero-order chi connectivity index (χ0) is 19.8. The minimum absolute atomic E-state index is 0.0809. The first-order chi connectivity index (χ1) is 12.9. The van der Waals surface area contributed by atoms with Crippen LogP contribution in [0.3, 0.4) is 0 Å². The van der Waals surface area contributed by atoms with Gasteiger partial charge in [0.05, 0.1) is 0 Å². The SMILES string of the molecule is CC[C@H](Oc1ccc(C)cc1C)C(=O)NCCSCc1ccc(Cl)cc1Cl. The molecule has 0 aromatic heterocycles. The number of halogens is 2. The average Bonchev–Trinajstić information content (AvgIpc) is 2.62. The summed E-state index contributed by atoms with van der Waals surface area (Å²) in [6, 6.07) is 11.5. The number of hydrogen-bond donors (Lipinski definition) is 1. The van der Waals surface area contributed by atoms with Crippen LogP contribution < -0.4 is 10.1 Å². The number of amides is 1. The van der Waals surface area contributed by atoms with Gasteiger partial charge in [-0.05, 0) is 49.6 Å². The molecule has 1 atom stereocenters. The van der Waals surface area contributed by atoms with E-state index < -0.39 is 6.10 Å². The van der Waals surface area contributed by atoms with E-state index in [1.165, 1.54) is 5.56 Å². The number of nitrogens with one attached hydrogen (secondary N) is 1. The first-order valence-electron chi connectivity index (χ1n) is 8.94. The molecule has 3 nitrogen and oxygen atoms in total. The van der Waals surface area contributed by atoms with Crippen LogP contribution in [0.2, 0.25) is 10.0 Å². The molecule has 0 saturated carbocycles. The number of thioether (sulfide) groups is 1. The maximum atomic E-state index is 12.4. The summed E-state index contributed by atoms with van der Waals surface area (Å²) in [5, 5.41) is 4.26. The van der Waals surface area contributed by atoms with Crippen molar-refractivity contribution in [2.24, 2.45) is 0 Å². The Morgan fingerprint density at radius 3 is 2.63 bits per heavy atom. The third-order valence-electron chi connectivity index (χ3n) is 4.08. The third kappa shape index (κ3) is 6.95. The maximum Gasteiger partial charge on any atom is 0.261 e. The zero-order valence-electron chi connectivity index (χ0n) is 15.9. The minimum atomic E-state index is -0.484. The Morgan fingerprint density at radius 1 is 1.19 bits per heavy atom. The largest absolute Gasteiger partial charge is 0.480 e. The van der Waals surface area contributed by atoms with Crippen molar-refractivity contribution in [2.45, 2.75) is 39.0 Å². The summed E-state index contributed by atoms with van der Waals surface area (Å²) in [5.74, 6) is 2.25. The first-order valence-corrected chi connectivity index (χ1v) is 10.8. The van der Waals surface area contributed by atoms with E-state index in [4.69, 9.17) is 27.9 Å². The van der Waals surface area contributed by atoms with E-state index in [0.29, 0.717) is 23.0 Å². The summed E-state index contributed by atoms with van der Waals surface area (Å²) in [6.07, 6.45) is 0.134. The quantitative estimate of drug-likeness (QED) is 0.514. The summed E-state index contributed by atoms with van der Waals surface area (Å²) in [5.41, 5.74) is 3.26. The van der Waals surface area contributed by atoms with E-state index in [1.807, 2.05) is 45.0 Å². The van der Waals surface area contributed by atoms with Gasteiger partial charge in [-0.15, -0.1) is 0 Å². The molecule has 0 heterocycles. The number of aryl methyl sites for hydroxylation is 2. The number of ether oxygens (including phenoxy) is 1. The molecule has 1 N–H and O–H groups in total. The highest BCUT2D eigenvalue weighted by Gasteiger charge is 2.18. The number of carbonyl (C=O) groups is 1. The molecule has 6 heteroatoms. The lowest BCUT2D eigenvalue weighted by Gasteiger charge is -2.19. The highest BCUT2D eigenvalue weighted by Crippen LogP contribution is 2.24. The van der Waals surface area contributed by atoms with Crippen molar-refractivity contribution in [3.63, 3.8) is 0 Å². The fourth-order valence-corrected chi connectivity index (χ4v) is 4.01. The molecule has 0 unspecified atom stereocenters. The van der Waals surface area contributed by atoms with Crippen LogP contribution in [0, 0.1) is 13.8 Å². The zero-order valence-corrected chi connectivity index (χ0v) is 18.2. The lowest BCUT2D eigenvalue weighted by Crippen LogP contribution is -2.39. The Balaban J connectivity index is 1.76. The standard InChI is InChI=1S/C21H25Cl2NO2S/c1-4-19(26-20-8-5-14(2)11-15(20)3)21(25)24-9-10-27-13-16-6-7-17(22)12-18(16)23/h5-8,11-12,19H,4,9-10,13H2,1-3H3,(H,24,25)/t19-/m0/s1. The summed E-state index contributed by atoms with van der Waals surface area (Å²) >= 11 is 13.8. The van der Waals surface area contributed by atoms with Crippen molar-refractivity contribution in [3.05, 3.63) is 63.1 Å². The van der Waals surface area contributed by atoms with Crippen LogP contribution in [0.5, 0.6) is 5.75 Å². The second-order valence-electron chi connectivity index (χ2n) is 6.36. The lowest BCUT2D eigenvalue weighted by atomic mass is 10.1. The molecule has 146 valence electrons. The molecule has 0 aliphatic heterocycles. The van der Waals surface area contributed by atoms with Gasteiger partial charge < -0.3 is 10.1 Å². The van der Waals surface area contributed by atoms with Crippen molar-refractivity contribution in [3.8, 4) is 5.75 Å². The third-order valence-corrected chi connectivity index (χ3v) is 5.68. The van der Waals surface area contributed by atoms with Crippen LogP contribution in [-0.4, -0.2) is 24.3 Å². The summed E-state index contributed by atoms with van der Waals surface area (Å²) < 4.78 is 5.92. The number of hydrogen-bond acceptors (Lipinski definition) is 3. The summed E-state index contributed by atoms with van der Waals surface area (Å²) in [7, 11) is 0. The molecular formula is C21H25Cl2NO2S. The molecule has 2 aromatic rings. The molecule has 0 spiro atoms. The number of carbonyl (C=O) groups excluding carboxylic acids is 1. The Bertz CT molecular complexity index is 783. The summed E-state index contributed by atoms with van der Waals surface area (Å²) in [4.78, 5) is 12.4. The van der Waals surface area contributed by atoms with Crippen LogP contribution in [0.1, 0.15) is 30.0 Å². The Hall–Kier alpha value is -1.36. The van der Waals surface area contributed by atoms with Gasteiger partial charge in [0.2, 0.25) is 0 Å². The Kier molecular flexibility index (Phi) is 8.81. The smallest absolute Gasteiger partial charge is 0.261 e. The molecule has 0 radical (unpaired) electrons. The highest BCUT2D eigenvalue weighted by molar-refractivity contribution is 7.98. The Labute approximate surface area is 175 Å². The second kappa shape index (κ2) is 10.8. The van der Waals surface area contributed by atoms with Gasteiger partial charge in [-0.3, -0.25) is 4.79 Å². The van der Waals surface area contributed by atoms with Gasteiger partial charge in [0.15, 0.2) is 6.10 Å². The van der Waals surface area contributed by atoms with E-state index in [2.05, 4.69) is 11.4 Å². The predicted octanol–water partition coefficient (Wildman–Crippen LogP) is 5.82. The van der Waals surface area contributed by atoms with Crippen LogP contribution >= 0.6 is 35.0 Å². The number of benzene rings is 2. The van der Waals surface area contributed by atoms with Gasteiger partial charge in [0.1, 0.15) is 5.75 Å². The topological polar surface area (TPSA) is 38.3 Å². The van der Waals surface area contributed by atoms with E-state index in [0.717, 1.165) is 28.4 Å². The van der Waals surface area contributed by atoms with Crippen LogP contribution in [0.15, 0.2) is 36.4 Å². The van der Waals surface area contributed by atoms with Crippen molar-refractivity contribution in [1.82, 2.24) is 5.32 Å². The minimum Gasteiger partial charge on any atom is -0.480 e. The monoisotopic (exact) mass is 425 g/mol. The van der Waals surface area contributed by atoms with Crippen molar-refractivity contribution >= 4 is 40.9 Å². The average molecular weight is 426 g/mol. The molecule has 0 saturated heterocycles. The van der Waals surface area contributed by atoms with Crippen LogP contribution in [-0.2, 0) is 10.5 Å². The molecule has 0 bridgehead atoms. The molecular weight excluding hydrogens is 401 g/mol. The number of rotatable bonds is 9. The van der Waals surface area contributed by atoms with Gasteiger partial charge in [0, 0.05) is 28.1 Å². The van der Waals surface area contributed by atoms with Gasteiger partial charge in [-0.25, -0.2) is 0 Å². The van der Waals surface area contributed by atoms with Crippen molar-refractivity contribution in [1.29, 1.82) is 0 Å².